The van der Waals surface area contributed by atoms with E-state index in [0.29, 0.717) is 11.7 Å². The van der Waals surface area contributed by atoms with Gasteiger partial charge in [-0.25, -0.2) is 4.98 Å². The molecule has 0 atom stereocenters. The fraction of sp³-hybridized carbons (Fsp3) is 0.375. The number of nitrogens with zero attached hydrogens (tertiary/aromatic N) is 2. The van der Waals surface area contributed by atoms with E-state index in [-0.39, 0.29) is 11.9 Å². The molecule has 3 rings (SSSR count). The van der Waals surface area contributed by atoms with E-state index in [1.165, 1.54) is 11.3 Å². The maximum absolute atomic E-state index is 12.5. The number of thiazole rings is 1. The van der Waals surface area contributed by atoms with E-state index >= 15 is 0 Å². The molecule has 0 saturated heterocycles. The summed E-state index contributed by atoms with van der Waals surface area (Å²) in [6.45, 7) is 8.76. The molecule has 1 aliphatic rings. The summed E-state index contributed by atoms with van der Waals surface area (Å²) in [6.07, 6.45) is 0. The van der Waals surface area contributed by atoms with Crippen molar-refractivity contribution in [3.8, 4) is 10.4 Å². The molecule has 0 spiro atoms. The quantitative estimate of drug-likeness (QED) is 0.925. The van der Waals surface area contributed by atoms with Crippen LogP contribution in [-0.4, -0.2) is 21.8 Å². The van der Waals surface area contributed by atoms with Crippen LogP contribution in [0.2, 0.25) is 0 Å². The Kier molecular flexibility index (Phi) is 3.24. The fourth-order valence-electron chi connectivity index (χ4n) is 2.92. The molecule has 0 radical (unpaired) electrons. The van der Waals surface area contributed by atoms with Gasteiger partial charge in [0, 0.05) is 18.2 Å². The van der Waals surface area contributed by atoms with E-state index in [1.807, 2.05) is 32.6 Å². The maximum atomic E-state index is 12.5. The van der Waals surface area contributed by atoms with E-state index < -0.39 is 0 Å². The van der Waals surface area contributed by atoms with Crippen LogP contribution in [0, 0.1) is 13.8 Å². The second-order valence-electron chi connectivity index (χ2n) is 5.82. The van der Waals surface area contributed by atoms with Gasteiger partial charge in [-0.05, 0) is 56.5 Å². The first-order valence-electron chi connectivity index (χ1n) is 7.06. The zero-order valence-electron chi connectivity index (χ0n) is 12.7. The van der Waals surface area contributed by atoms with Gasteiger partial charge in [-0.3, -0.25) is 4.79 Å². The predicted molar refractivity (Wildman–Crippen MR) is 86.4 cm³/mol. The Morgan fingerprint density at radius 3 is 2.62 bits per heavy atom. The SMILES string of the molecule is Cc1cc(-c2sc(N)nc2C)cc2c1C(=O)N(C(C)C)C2. The molecule has 0 unspecified atom stereocenters. The van der Waals surface area contributed by atoms with Gasteiger partial charge >= 0.3 is 0 Å². The Morgan fingerprint density at radius 2 is 2.05 bits per heavy atom. The minimum atomic E-state index is 0.143. The first kappa shape index (κ1) is 14.1. The van der Waals surface area contributed by atoms with Crippen molar-refractivity contribution >= 4 is 22.4 Å². The molecule has 110 valence electrons. The van der Waals surface area contributed by atoms with Crippen molar-refractivity contribution in [2.24, 2.45) is 0 Å². The summed E-state index contributed by atoms with van der Waals surface area (Å²) >= 11 is 1.50. The largest absolute Gasteiger partial charge is 0.375 e. The molecule has 1 aromatic heterocycles. The van der Waals surface area contributed by atoms with Crippen LogP contribution >= 0.6 is 11.3 Å². The lowest BCUT2D eigenvalue weighted by Gasteiger charge is -2.19. The molecular weight excluding hydrogens is 282 g/mol. The molecular formula is C16H19N3OS. The van der Waals surface area contributed by atoms with Gasteiger partial charge in [-0.2, -0.15) is 0 Å². The monoisotopic (exact) mass is 301 g/mol. The van der Waals surface area contributed by atoms with Gasteiger partial charge in [-0.15, -0.1) is 0 Å². The number of carbonyl (C=O) groups excluding carboxylic acids is 1. The Labute approximate surface area is 128 Å². The van der Waals surface area contributed by atoms with Gasteiger partial charge in [0.25, 0.3) is 5.91 Å². The van der Waals surface area contributed by atoms with Crippen molar-refractivity contribution in [1.82, 2.24) is 9.88 Å². The third kappa shape index (κ3) is 2.21. The maximum Gasteiger partial charge on any atom is 0.255 e. The second-order valence-corrected chi connectivity index (χ2v) is 6.85. The van der Waals surface area contributed by atoms with Crippen LogP contribution in [0.3, 0.4) is 0 Å². The van der Waals surface area contributed by atoms with Crippen LogP contribution in [0.25, 0.3) is 10.4 Å². The summed E-state index contributed by atoms with van der Waals surface area (Å²) in [5, 5.41) is 0.584. The molecule has 5 heteroatoms. The van der Waals surface area contributed by atoms with Crippen LogP contribution < -0.4 is 5.73 Å². The van der Waals surface area contributed by atoms with Gasteiger partial charge in [0.2, 0.25) is 0 Å². The van der Waals surface area contributed by atoms with Crippen LogP contribution in [0.1, 0.15) is 41.0 Å². The van der Waals surface area contributed by atoms with E-state index in [2.05, 4.69) is 17.1 Å². The Morgan fingerprint density at radius 1 is 1.33 bits per heavy atom. The summed E-state index contributed by atoms with van der Waals surface area (Å²) in [5.41, 5.74) is 10.9. The molecule has 2 N–H and O–H groups in total. The first-order chi connectivity index (χ1) is 9.88. The normalized spacial score (nSPS) is 14.1. The minimum Gasteiger partial charge on any atom is -0.375 e. The zero-order valence-corrected chi connectivity index (χ0v) is 13.5. The van der Waals surface area contributed by atoms with Gasteiger partial charge in [0.1, 0.15) is 0 Å². The minimum absolute atomic E-state index is 0.143. The number of amides is 1. The van der Waals surface area contributed by atoms with Crippen LogP contribution in [0.15, 0.2) is 12.1 Å². The molecule has 0 fully saturated rings. The number of aromatic nitrogens is 1. The standard InChI is InChI=1S/C16H19N3OS/c1-8(2)19-7-12-6-11(5-9(3)13(12)15(19)20)14-10(4)18-16(17)21-14/h5-6,8H,7H2,1-4H3,(H2,17,18). The third-order valence-electron chi connectivity index (χ3n) is 3.93. The number of nitrogen functional groups attached to an aromatic ring is 1. The molecule has 21 heavy (non-hydrogen) atoms. The molecule has 0 bridgehead atoms. The van der Waals surface area contributed by atoms with Crippen LogP contribution in [0.4, 0.5) is 5.13 Å². The van der Waals surface area contributed by atoms with Gasteiger partial charge < -0.3 is 10.6 Å². The van der Waals surface area contributed by atoms with Gasteiger partial charge in [0.05, 0.1) is 10.6 Å². The summed E-state index contributed by atoms with van der Waals surface area (Å²) in [7, 11) is 0. The van der Waals surface area contributed by atoms with Gasteiger partial charge in [-0.1, -0.05) is 11.3 Å². The number of fused-ring (bicyclic) bond motifs is 1. The number of rotatable bonds is 2. The highest BCUT2D eigenvalue weighted by atomic mass is 32.1. The highest BCUT2D eigenvalue weighted by molar-refractivity contribution is 7.18. The first-order valence-corrected chi connectivity index (χ1v) is 7.88. The number of hydrogen-bond acceptors (Lipinski definition) is 4. The number of anilines is 1. The van der Waals surface area contributed by atoms with Crippen molar-refractivity contribution in [2.75, 3.05) is 5.73 Å². The van der Waals surface area contributed by atoms with Crippen molar-refractivity contribution in [1.29, 1.82) is 0 Å². The number of benzene rings is 1. The fourth-order valence-corrected chi connectivity index (χ4v) is 3.74. The number of nitrogens with two attached hydrogens (primary N) is 1. The van der Waals surface area contributed by atoms with E-state index in [1.54, 1.807) is 0 Å². The third-order valence-corrected chi connectivity index (χ3v) is 4.97. The molecule has 0 aliphatic carbocycles. The Bertz CT molecular complexity index is 733. The molecule has 4 nitrogen and oxygen atoms in total. The van der Waals surface area contributed by atoms with E-state index in [9.17, 15) is 4.79 Å². The summed E-state index contributed by atoms with van der Waals surface area (Å²) in [6, 6.07) is 4.40. The average molecular weight is 301 g/mol. The predicted octanol–water partition coefficient (Wildman–Crippen LogP) is 3.37. The van der Waals surface area contributed by atoms with Crippen LogP contribution in [0.5, 0.6) is 0 Å². The lowest BCUT2D eigenvalue weighted by atomic mass is 9.99. The van der Waals surface area contributed by atoms with Crippen molar-refractivity contribution < 1.29 is 4.79 Å². The second kappa shape index (κ2) is 4.84. The summed E-state index contributed by atoms with van der Waals surface area (Å²) in [4.78, 5) is 19.8. The van der Waals surface area contributed by atoms with E-state index in [4.69, 9.17) is 5.73 Å². The van der Waals surface area contributed by atoms with Crippen molar-refractivity contribution in [3.05, 3.63) is 34.5 Å². The molecule has 1 aliphatic heterocycles. The molecule has 1 amide bonds. The zero-order chi connectivity index (χ0) is 15.3. The number of hydrogen-bond donors (Lipinski definition) is 1. The molecule has 0 saturated carbocycles. The average Bonchev–Trinajstić information content (AvgIpc) is 2.90. The number of aryl methyl sites for hydroxylation is 2. The molecule has 2 aromatic rings. The van der Waals surface area contributed by atoms with Crippen molar-refractivity contribution in [2.45, 2.75) is 40.3 Å². The molecule has 2 heterocycles. The molecule has 1 aromatic carbocycles. The smallest absolute Gasteiger partial charge is 0.255 e. The lowest BCUT2D eigenvalue weighted by Crippen LogP contribution is -2.30. The summed E-state index contributed by atoms with van der Waals surface area (Å²) in [5.74, 6) is 0.143. The number of carbonyl (C=O) groups is 1. The Balaban J connectivity index is 2.11. The lowest BCUT2D eigenvalue weighted by molar-refractivity contribution is 0.0730. The van der Waals surface area contributed by atoms with Gasteiger partial charge in [0.15, 0.2) is 5.13 Å². The topological polar surface area (TPSA) is 59.2 Å². The summed E-state index contributed by atoms with van der Waals surface area (Å²) < 4.78 is 0. The van der Waals surface area contributed by atoms with Crippen LogP contribution in [-0.2, 0) is 6.54 Å². The van der Waals surface area contributed by atoms with E-state index in [0.717, 1.165) is 32.8 Å². The van der Waals surface area contributed by atoms with Crippen molar-refractivity contribution in [3.63, 3.8) is 0 Å². The Hall–Kier alpha value is -1.88. The highest BCUT2D eigenvalue weighted by Crippen LogP contribution is 2.36. The highest BCUT2D eigenvalue weighted by Gasteiger charge is 2.31.